The quantitative estimate of drug-likeness (QED) is 0.836. The highest BCUT2D eigenvalue weighted by Gasteiger charge is 2.47. The molecule has 2 aromatic rings. The molecule has 2 bridgehead atoms. The van der Waals surface area contributed by atoms with Crippen molar-refractivity contribution in [2.24, 2.45) is 17.8 Å². The molecule has 3 aliphatic carbocycles. The zero-order valence-corrected chi connectivity index (χ0v) is 13.4. The molecule has 5 rings (SSSR count). The fraction of sp³-hybridized carbons (Fsp3) is 0.533. The lowest BCUT2D eigenvalue weighted by Gasteiger charge is -2.47. The number of nitrogens with one attached hydrogen (secondary N) is 1. The van der Waals surface area contributed by atoms with Gasteiger partial charge < -0.3 is 10.4 Å². The molecule has 116 valence electrons. The molecule has 0 aromatic carbocycles. The molecule has 0 aliphatic heterocycles. The Hall–Kier alpha value is -1.40. The number of carboxylic acid groups (broad SMARTS) is 1. The molecule has 22 heavy (non-hydrogen) atoms. The van der Waals surface area contributed by atoms with Crippen molar-refractivity contribution < 1.29 is 9.90 Å². The van der Waals surface area contributed by atoms with Crippen molar-refractivity contribution in [1.82, 2.24) is 9.97 Å². The molecular formula is C15H16ClN3O2S. The predicted octanol–water partition coefficient (Wildman–Crippen LogP) is 3.65. The summed E-state index contributed by atoms with van der Waals surface area (Å²) in [6.07, 6.45) is 4.24. The Morgan fingerprint density at radius 3 is 2.73 bits per heavy atom. The van der Waals surface area contributed by atoms with Gasteiger partial charge in [-0.05, 0) is 60.6 Å². The van der Waals surface area contributed by atoms with E-state index in [4.69, 9.17) is 11.6 Å². The SMILES string of the molecule is O=C(O)C1C2CCC(CC2)C1Nc1nc(Cl)nc2sccc12. The Labute approximate surface area is 136 Å². The van der Waals surface area contributed by atoms with E-state index in [1.54, 1.807) is 0 Å². The van der Waals surface area contributed by atoms with Crippen LogP contribution in [-0.2, 0) is 4.79 Å². The van der Waals surface area contributed by atoms with Gasteiger partial charge in [0.15, 0.2) is 0 Å². The average molecular weight is 338 g/mol. The van der Waals surface area contributed by atoms with Gasteiger partial charge in [0.05, 0.1) is 11.3 Å². The summed E-state index contributed by atoms with van der Waals surface area (Å²) in [5.74, 6) is 0.299. The Kier molecular flexibility index (Phi) is 3.46. The Bertz CT molecular complexity index is 727. The number of carbonyl (C=O) groups is 1. The van der Waals surface area contributed by atoms with E-state index in [0.29, 0.717) is 11.7 Å². The smallest absolute Gasteiger partial charge is 0.308 e. The normalized spacial score (nSPS) is 30.6. The Morgan fingerprint density at radius 2 is 2.00 bits per heavy atom. The molecule has 2 heterocycles. The minimum absolute atomic E-state index is 0.0703. The largest absolute Gasteiger partial charge is 0.481 e. The molecule has 0 spiro atoms. The molecule has 2 aromatic heterocycles. The second-order valence-electron chi connectivity index (χ2n) is 6.19. The van der Waals surface area contributed by atoms with Gasteiger partial charge in [0.25, 0.3) is 0 Å². The minimum atomic E-state index is -0.700. The van der Waals surface area contributed by atoms with E-state index < -0.39 is 5.97 Å². The van der Waals surface area contributed by atoms with E-state index in [1.165, 1.54) is 11.3 Å². The first-order valence-corrected chi connectivity index (χ1v) is 8.79. The van der Waals surface area contributed by atoms with Gasteiger partial charge in [0.2, 0.25) is 5.28 Å². The first-order chi connectivity index (χ1) is 10.6. The summed E-state index contributed by atoms with van der Waals surface area (Å²) in [7, 11) is 0. The van der Waals surface area contributed by atoms with Crippen molar-refractivity contribution in [3.63, 3.8) is 0 Å². The summed E-state index contributed by atoms with van der Waals surface area (Å²) in [5, 5.41) is 16.1. The molecule has 7 heteroatoms. The van der Waals surface area contributed by atoms with Crippen LogP contribution >= 0.6 is 22.9 Å². The highest BCUT2D eigenvalue weighted by atomic mass is 35.5. The molecular weight excluding hydrogens is 322 g/mol. The lowest BCUT2D eigenvalue weighted by molar-refractivity contribution is -0.148. The third-order valence-electron chi connectivity index (χ3n) is 5.11. The summed E-state index contributed by atoms with van der Waals surface area (Å²) < 4.78 is 0. The maximum absolute atomic E-state index is 11.7. The van der Waals surface area contributed by atoms with Crippen LogP contribution in [-0.4, -0.2) is 27.1 Å². The number of hydrogen-bond acceptors (Lipinski definition) is 5. The second kappa shape index (κ2) is 5.35. The highest BCUT2D eigenvalue weighted by molar-refractivity contribution is 7.16. The third-order valence-corrected chi connectivity index (χ3v) is 6.08. The van der Waals surface area contributed by atoms with E-state index in [1.807, 2.05) is 11.4 Å². The van der Waals surface area contributed by atoms with Crippen molar-refractivity contribution in [1.29, 1.82) is 0 Å². The molecule has 2 atom stereocenters. The van der Waals surface area contributed by atoms with E-state index in [2.05, 4.69) is 15.3 Å². The van der Waals surface area contributed by atoms with E-state index in [9.17, 15) is 9.90 Å². The lowest BCUT2D eigenvalue weighted by Crippen LogP contribution is -2.51. The number of hydrogen-bond donors (Lipinski definition) is 2. The molecule has 5 nitrogen and oxygen atoms in total. The molecule has 2 unspecified atom stereocenters. The van der Waals surface area contributed by atoms with Crippen LogP contribution in [0.1, 0.15) is 25.7 Å². The number of aromatic nitrogens is 2. The molecule has 2 N–H and O–H groups in total. The van der Waals surface area contributed by atoms with Crippen LogP contribution in [0.25, 0.3) is 10.2 Å². The van der Waals surface area contributed by atoms with E-state index in [-0.39, 0.29) is 23.2 Å². The summed E-state index contributed by atoms with van der Waals surface area (Å²) in [6.45, 7) is 0. The van der Waals surface area contributed by atoms with Gasteiger partial charge in [-0.1, -0.05) is 0 Å². The van der Waals surface area contributed by atoms with Crippen molar-refractivity contribution in [3.05, 3.63) is 16.7 Å². The van der Waals surface area contributed by atoms with Crippen LogP contribution in [0.4, 0.5) is 5.82 Å². The van der Waals surface area contributed by atoms with Gasteiger partial charge in [0, 0.05) is 6.04 Å². The van der Waals surface area contributed by atoms with Crippen LogP contribution in [0.15, 0.2) is 11.4 Å². The fourth-order valence-electron chi connectivity index (χ4n) is 4.11. The first kappa shape index (κ1) is 14.2. The van der Waals surface area contributed by atoms with Crippen LogP contribution < -0.4 is 5.32 Å². The molecule has 0 amide bonds. The summed E-state index contributed by atoms with van der Waals surface area (Å²) in [6, 6.07) is 1.88. The number of nitrogens with zero attached hydrogens (tertiary/aromatic N) is 2. The van der Waals surface area contributed by atoms with Gasteiger partial charge in [-0.25, -0.2) is 9.97 Å². The molecule has 3 fully saturated rings. The fourth-order valence-corrected chi connectivity index (χ4v) is 5.09. The van der Waals surface area contributed by atoms with Gasteiger partial charge in [-0.2, -0.15) is 0 Å². The molecule has 0 radical (unpaired) electrons. The van der Waals surface area contributed by atoms with Gasteiger partial charge >= 0.3 is 5.97 Å². The Balaban J connectivity index is 1.71. The van der Waals surface area contributed by atoms with Crippen LogP contribution in [0.5, 0.6) is 0 Å². The monoisotopic (exact) mass is 337 g/mol. The standard InChI is InChI=1S/C15H16ClN3O2S/c16-15-18-12(9-5-6-22-13(9)19-15)17-11-8-3-1-7(2-4-8)10(11)14(20)21/h5-8,10-11H,1-4H2,(H,20,21)(H,17,18,19). The number of fused-ring (bicyclic) bond motifs is 4. The molecule has 3 aliphatic rings. The number of aliphatic carboxylic acids is 1. The van der Waals surface area contributed by atoms with Gasteiger partial charge in [-0.3, -0.25) is 4.79 Å². The highest BCUT2D eigenvalue weighted by Crippen LogP contribution is 2.46. The van der Waals surface area contributed by atoms with Crippen molar-refractivity contribution in [2.45, 2.75) is 31.7 Å². The Morgan fingerprint density at radius 1 is 1.27 bits per heavy atom. The van der Waals surface area contributed by atoms with Crippen molar-refractivity contribution >= 4 is 44.9 Å². The van der Waals surface area contributed by atoms with E-state index >= 15 is 0 Å². The lowest BCUT2D eigenvalue weighted by atomic mass is 9.61. The topological polar surface area (TPSA) is 75.1 Å². The number of thiophene rings is 1. The maximum Gasteiger partial charge on any atom is 0.308 e. The van der Waals surface area contributed by atoms with Crippen LogP contribution in [0, 0.1) is 17.8 Å². The first-order valence-electron chi connectivity index (χ1n) is 7.53. The third kappa shape index (κ3) is 2.25. The summed E-state index contributed by atoms with van der Waals surface area (Å²) >= 11 is 7.51. The predicted molar refractivity (Wildman–Crippen MR) is 86.4 cm³/mol. The van der Waals surface area contributed by atoms with Crippen LogP contribution in [0.2, 0.25) is 5.28 Å². The zero-order chi connectivity index (χ0) is 15.3. The maximum atomic E-state index is 11.7. The second-order valence-corrected chi connectivity index (χ2v) is 7.42. The number of anilines is 1. The van der Waals surface area contributed by atoms with Crippen molar-refractivity contribution in [2.75, 3.05) is 5.32 Å². The van der Waals surface area contributed by atoms with Crippen LogP contribution in [0.3, 0.4) is 0 Å². The van der Waals surface area contributed by atoms with E-state index in [0.717, 1.165) is 35.9 Å². The minimum Gasteiger partial charge on any atom is -0.481 e. The average Bonchev–Trinajstić information content (AvgIpc) is 2.96. The number of rotatable bonds is 3. The van der Waals surface area contributed by atoms with Gasteiger partial charge in [-0.15, -0.1) is 11.3 Å². The molecule has 3 saturated carbocycles. The summed E-state index contributed by atoms with van der Waals surface area (Å²) in [5.41, 5.74) is 0. The summed E-state index contributed by atoms with van der Waals surface area (Å²) in [4.78, 5) is 21.1. The number of carboxylic acids is 1. The zero-order valence-electron chi connectivity index (χ0n) is 11.8. The molecule has 0 saturated heterocycles. The van der Waals surface area contributed by atoms with Crippen molar-refractivity contribution in [3.8, 4) is 0 Å². The van der Waals surface area contributed by atoms with Gasteiger partial charge in [0.1, 0.15) is 10.6 Å². The number of halogens is 1.